The van der Waals surface area contributed by atoms with E-state index in [1.807, 2.05) is 34.6 Å². The molecule has 162 valence electrons. The summed E-state index contributed by atoms with van der Waals surface area (Å²) < 4.78 is 11.3. The van der Waals surface area contributed by atoms with Gasteiger partial charge in [0.15, 0.2) is 0 Å². The Morgan fingerprint density at radius 2 is 1.86 bits per heavy atom. The number of carbonyl (C=O) groups is 2. The number of hydrogen-bond acceptors (Lipinski definition) is 6. The van der Waals surface area contributed by atoms with E-state index in [2.05, 4.69) is 22.3 Å². The monoisotopic (exact) mass is 405 g/mol. The first-order valence-corrected chi connectivity index (χ1v) is 10.2. The second-order valence-corrected chi connectivity index (χ2v) is 8.51. The van der Waals surface area contributed by atoms with Gasteiger partial charge in [-0.05, 0) is 76.9 Å². The van der Waals surface area contributed by atoms with Gasteiger partial charge in [0.2, 0.25) is 0 Å². The van der Waals surface area contributed by atoms with Crippen LogP contribution in [-0.4, -0.2) is 56.7 Å². The predicted molar refractivity (Wildman–Crippen MR) is 115 cm³/mol. The van der Waals surface area contributed by atoms with Crippen LogP contribution in [-0.2, 0) is 22.6 Å². The first-order valence-electron chi connectivity index (χ1n) is 10.2. The van der Waals surface area contributed by atoms with Crippen molar-refractivity contribution in [2.24, 2.45) is 0 Å². The molecule has 1 aliphatic carbocycles. The van der Waals surface area contributed by atoms with E-state index in [0.717, 1.165) is 36.5 Å². The van der Waals surface area contributed by atoms with Crippen molar-refractivity contribution in [2.75, 3.05) is 32.1 Å². The van der Waals surface area contributed by atoms with Gasteiger partial charge in [0.25, 0.3) is 0 Å². The van der Waals surface area contributed by atoms with Gasteiger partial charge in [-0.25, -0.2) is 4.79 Å². The molecule has 1 aromatic rings. The van der Waals surface area contributed by atoms with E-state index in [4.69, 9.17) is 14.3 Å². The first-order chi connectivity index (χ1) is 13.8. The van der Waals surface area contributed by atoms with Gasteiger partial charge in [0, 0.05) is 25.7 Å². The Kier molecular flexibility index (Phi) is 7.90. The van der Waals surface area contributed by atoms with Crippen molar-refractivity contribution >= 4 is 18.6 Å². The maximum Gasteiger partial charge on any atom is 0.410 e. The molecule has 0 saturated heterocycles. The van der Waals surface area contributed by atoms with Gasteiger partial charge in [-0.15, -0.1) is 0 Å². The Balaban J connectivity index is 0.00000145. The minimum absolute atomic E-state index is 0.257. The molecule has 1 aromatic carbocycles. The molecule has 0 spiro atoms. The topological polar surface area (TPSA) is 71.1 Å². The second-order valence-electron chi connectivity index (χ2n) is 8.51. The van der Waals surface area contributed by atoms with Gasteiger partial charge in [0.1, 0.15) is 18.1 Å². The predicted octanol–water partition coefficient (Wildman–Crippen LogP) is 3.34. The molecule has 3 rings (SSSR count). The molecule has 1 heterocycles. The van der Waals surface area contributed by atoms with Crippen molar-refractivity contribution in [3.05, 3.63) is 23.3 Å². The molecule has 1 aliphatic heterocycles. The highest BCUT2D eigenvalue weighted by atomic mass is 16.6. The fourth-order valence-electron chi connectivity index (χ4n) is 3.57. The van der Waals surface area contributed by atoms with E-state index >= 15 is 0 Å². The molecule has 0 unspecified atom stereocenters. The van der Waals surface area contributed by atoms with E-state index in [1.165, 1.54) is 18.4 Å². The fourth-order valence-corrected chi connectivity index (χ4v) is 3.57. The summed E-state index contributed by atoms with van der Waals surface area (Å²) in [6.07, 6.45) is 3.32. The van der Waals surface area contributed by atoms with Crippen molar-refractivity contribution in [3.8, 4) is 5.75 Å². The molecule has 1 amide bonds. The first kappa shape index (κ1) is 23.0. The molecule has 1 saturated carbocycles. The molecule has 0 aromatic heterocycles. The normalized spacial score (nSPS) is 15.3. The molecule has 0 bridgehead atoms. The van der Waals surface area contributed by atoms with Crippen LogP contribution in [0.1, 0.15) is 51.2 Å². The number of benzene rings is 1. The lowest BCUT2D eigenvalue weighted by Crippen LogP contribution is -2.33. The Hall–Kier alpha value is -2.28. The summed E-state index contributed by atoms with van der Waals surface area (Å²) in [5, 5.41) is 3.22. The van der Waals surface area contributed by atoms with E-state index < -0.39 is 5.60 Å². The Morgan fingerprint density at radius 1 is 1.24 bits per heavy atom. The molecular weight excluding hydrogens is 370 g/mol. The molecule has 29 heavy (non-hydrogen) atoms. The third-order valence-electron chi connectivity index (χ3n) is 5.00. The summed E-state index contributed by atoms with van der Waals surface area (Å²) in [5.41, 5.74) is 3.01. The summed E-state index contributed by atoms with van der Waals surface area (Å²) in [4.78, 5) is 24.7. The maximum absolute atomic E-state index is 12.5. The van der Waals surface area contributed by atoms with Crippen molar-refractivity contribution in [2.45, 2.75) is 64.8 Å². The Bertz CT molecular complexity index is 698. The molecule has 7 nitrogen and oxygen atoms in total. The van der Waals surface area contributed by atoms with E-state index in [1.54, 1.807) is 12.0 Å². The summed E-state index contributed by atoms with van der Waals surface area (Å²) in [7, 11) is 3.72. The minimum Gasteiger partial charge on any atom is -0.495 e. The second kappa shape index (κ2) is 9.96. The highest BCUT2D eigenvalue weighted by Gasteiger charge is 2.33. The van der Waals surface area contributed by atoms with Gasteiger partial charge in [-0.2, -0.15) is 0 Å². The molecule has 2 aliphatic rings. The largest absolute Gasteiger partial charge is 0.495 e. The highest BCUT2D eigenvalue weighted by molar-refractivity contribution is 5.71. The number of fused-ring (bicyclic) bond motifs is 1. The number of anilines is 1. The van der Waals surface area contributed by atoms with Crippen LogP contribution in [0.2, 0.25) is 0 Å². The third kappa shape index (κ3) is 6.10. The van der Waals surface area contributed by atoms with Crippen LogP contribution in [0.25, 0.3) is 0 Å². The third-order valence-corrected chi connectivity index (χ3v) is 5.00. The smallest absolute Gasteiger partial charge is 0.410 e. The molecule has 0 radical (unpaired) electrons. The molecule has 1 N–H and O–H groups in total. The lowest BCUT2D eigenvalue weighted by atomic mass is 10.1. The molecular formula is C22H35N3O4. The average Bonchev–Trinajstić information content (AvgIpc) is 3.42. The molecule has 0 atom stereocenters. The van der Waals surface area contributed by atoms with E-state index in [9.17, 15) is 4.79 Å². The Morgan fingerprint density at radius 3 is 2.38 bits per heavy atom. The van der Waals surface area contributed by atoms with Crippen LogP contribution in [0.4, 0.5) is 10.5 Å². The van der Waals surface area contributed by atoms with Gasteiger partial charge in [-0.1, -0.05) is 0 Å². The number of hydrogen-bond donors (Lipinski definition) is 1. The zero-order chi connectivity index (χ0) is 21.6. The summed E-state index contributed by atoms with van der Waals surface area (Å²) >= 11 is 0. The van der Waals surface area contributed by atoms with Crippen LogP contribution in [0.3, 0.4) is 0 Å². The van der Waals surface area contributed by atoms with Crippen LogP contribution in [0.15, 0.2) is 12.1 Å². The van der Waals surface area contributed by atoms with Crippen molar-refractivity contribution in [1.29, 1.82) is 0 Å². The van der Waals surface area contributed by atoms with Gasteiger partial charge in [-0.3, -0.25) is 4.90 Å². The van der Waals surface area contributed by atoms with Gasteiger partial charge in [0.05, 0.1) is 12.8 Å². The van der Waals surface area contributed by atoms with Crippen molar-refractivity contribution in [3.63, 3.8) is 0 Å². The summed E-state index contributed by atoms with van der Waals surface area (Å²) in [5.74, 6) is 0.899. The zero-order valence-electron chi connectivity index (χ0n) is 18.4. The number of ether oxygens (including phenoxy) is 2. The fraction of sp³-hybridized carbons (Fsp3) is 0.636. The maximum atomic E-state index is 12.5. The van der Waals surface area contributed by atoms with E-state index in [-0.39, 0.29) is 6.09 Å². The van der Waals surface area contributed by atoms with Crippen molar-refractivity contribution < 1.29 is 19.1 Å². The summed E-state index contributed by atoms with van der Waals surface area (Å²) in [6.45, 7) is 10.9. The highest BCUT2D eigenvalue weighted by Crippen LogP contribution is 2.41. The lowest BCUT2D eigenvalue weighted by Gasteiger charge is -2.27. The minimum atomic E-state index is -0.481. The van der Waals surface area contributed by atoms with Crippen LogP contribution in [0, 0.1) is 0 Å². The van der Waals surface area contributed by atoms with Crippen LogP contribution < -0.4 is 15.0 Å². The number of rotatable bonds is 7. The Labute approximate surface area is 174 Å². The van der Waals surface area contributed by atoms with Gasteiger partial charge < -0.3 is 24.5 Å². The van der Waals surface area contributed by atoms with Crippen molar-refractivity contribution in [1.82, 2.24) is 10.2 Å². The van der Waals surface area contributed by atoms with E-state index in [0.29, 0.717) is 19.1 Å². The number of nitrogens with one attached hydrogen (secondary N) is 1. The van der Waals surface area contributed by atoms with Gasteiger partial charge >= 0.3 is 6.09 Å². The number of amides is 1. The number of methoxy groups -OCH3 is 1. The molecule has 7 heteroatoms. The summed E-state index contributed by atoms with van der Waals surface area (Å²) in [6, 6.07) is 4.93. The SMILES string of the molecule is C=O.CNCCCN(c1cc2c(cc1OC)CN(C(=O)OC(C)(C)C)C2)C1CC1. The molecule has 1 fully saturated rings. The quantitative estimate of drug-likeness (QED) is 0.702. The average molecular weight is 406 g/mol. The van der Waals surface area contributed by atoms with Crippen LogP contribution >= 0.6 is 0 Å². The number of carbonyl (C=O) groups excluding carboxylic acids is 2. The number of nitrogens with zero attached hydrogens (tertiary/aromatic N) is 2. The van der Waals surface area contributed by atoms with Crippen LogP contribution in [0.5, 0.6) is 5.75 Å². The zero-order valence-corrected chi connectivity index (χ0v) is 18.4. The lowest BCUT2D eigenvalue weighted by molar-refractivity contribution is -0.0980. The standard InChI is InChI=1S/C21H33N3O3.CH2O/c1-21(2,3)27-20(25)23-13-15-11-18(19(26-5)12-16(15)14-23)24(17-7-8-17)10-6-9-22-4;1-2/h11-12,17,22H,6-10,13-14H2,1-5H3;1H2.